The normalized spacial score (nSPS) is 13.1. The van der Waals surface area contributed by atoms with E-state index in [1.54, 1.807) is 12.3 Å². The number of benzene rings is 1. The zero-order chi connectivity index (χ0) is 18.8. The van der Waals surface area contributed by atoms with Crippen molar-refractivity contribution in [2.24, 2.45) is 0 Å². The third-order valence-electron chi connectivity index (χ3n) is 4.51. The van der Waals surface area contributed by atoms with E-state index in [4.69, 9.17) is 5.73 Å². The Kier molecular flexibility index (Phi) is 4.42. The number of para-hydroxylation sites is 1. The van der Waals surface area contributed by atoms with Crippen molar-refractivity contribution in [3.8, 4) is 0 Å². The van der Waals surface area contributed by atoms with E-state index in [9.17, 15) is 4.79 Å². The van der Waals surface area contributed by atoms with Crippen molar-refractivity contribution in [2.75, 3.05) is 22.5 Å². The summed E-state index contributed by atoms with van der Waals surface area (Å²) in [6.45, 7) is 3.30. The Morgan fingerprint density at radius 3 is 2.81 bits per heavy atom. The fraction of sp³-hybridized carbons (Fsp3) is 0.200. The lowest BCUT2D eigenvalue weighted by atomic mass is 10.1. The van der Waals surface area contributed by atoms with Gasteiger partial charge in [-0.05, 0) is 31.2 Å². The van der Waals surface area contributed by atoms with Crippen LogP contribution in [0.25, 0.3) is 0 Å². The number of fused-ring (bicyclic) bond motifs is 1. The zero-order valence-corrected chi connectivity index (χ0v) is 15.0. The molecule has 0 saturated carbocycles. The molecule has 1 aliphatic heterocycles. The van der Waals surface area contributed by atoms with Crippen molar-refractivity contribution in [3.63, 3.8) is 0 Å². The number of carbonyl (C=O) groups is 1. The molecule has 7 nitrogen and oxygen atoms in total. The number of aryl methyl sites for hydroxylation is 1. The molecule has 7 heteroatoms. The topological polar surface area (TPSA) is 97.0 Å². The number of carbonyl (C=O) groups excluding carboxylic acids is 1. The van der Waals surface area contributed by atoms with Crippen LogP contribution in [0.5, 0.6) is 0 Å². The highest BCUT2D eigenvalue weighted by Gasteiger charge is 2.20. The molecule has 0 atom stereocenters. The van der Waals surface area contributed by atoms with E-state index in [0.29, 0.717) is 18.1 Å². The van der Waals surface area contributed by atoms with E-state index in [-0.39, 0.29) is 5.91 Å². The summed E-state index contributed by atoms with van der Waals surface area (Å²) in [6.07, 6.45) is 2.53. The summed E-state index contributed by atoms with van der Waals surface area (Å²) in [4.78, 5) is 27.8. The van der Waals surface area contributed by atoms with Crippen molar-refractivity contribution in [1.29, 1.82) is 0 Å². The Hall–Kier alpha value is -3.48. The van der Waals surface area contributed by atoms with E-state index >= 15 is 0 Å². The van der Waals surface area contributed by atoms with Gasteiger partial charge in [0.2, 0.25) is 5.95 Å². The quantitative estimate of drug-likeness (QED) is 0.745. The molecule has 2 aromatic heterocycles. The van der Waals surface area contributed by atoms with Gasteiger partial charge in [0.1, 0.15) is 5.82 Å². The van der Waals surface area contributed by atoms with Crippen LogP contribution in [-0.4, -0.2) is 27.4 Å². The van der Waals surface area contributed by atoms with Crippen LogP contribution in [0.1, 0.15) is 27.3 Å². The molecule has 0 saturated heterocycles. The molecule has 1 aliphatic rings. The van der Waals surface area contributed by atoms with Gasteiger partial charge in [0.15, 0.2) is 0 Å². The lowest BCUT2D eigenvalue weighted by Gasteiger charge is -2.29. The number of nitrogen functional groups attached to an aromatic ring is 1. The first-order valence-corrected chi connectivity index (χ1v) is 8.79. The van der Waals surface area contributed by atoms with Crippen molar-refractivity contribution in [1.82, 2.24) is 15.0 Å². The van der Waals surface area contributed by atoms with E-state index < -0.39 is 0 Å². The first kappa shape index (κ1) is 17.0. The van der Waals surface area contributed by atoms with Crippen LogP contribution in [0, 0.1) is 6.92 Å². The molecule has 3 N–H and O–H groups in total. The molecule has 0 unspecified atom stereocenters. The number of nitrogens with two attached hydrogens (primary N) is 1. The van der Waals surface area contributed by atoms with E-state index in [0.717, 1.165) is 41.4 Å². The second kappa shape index (κ2) is 7.03. The minimum absolute atomic E-state index is 0.151. The molecular formula is C20H20N6O. The van der Waals surface area contributed by atoms with Crippen molar-refractivity contribution in [3.05, 3.63) is 71.2 Å². The SMILES string of the molecule is Cc1cc(C(=O)Nc2ccccc2)cc(N2CCc3nc(N)ncc3C2)n1. The number of nitrogens with zero attached hydrogens (tertiary/aromatic N) is 4. The third-order valence-corrected chi connectivity index (χ3v) is 4.51. The van der Waals surface area contributed by atoms with Crippen LogP contribution in [-0.2, 0) is 13.0 Å². The number of anilines is 3. The van der Waals surface area contributed by atoms with Gasteiger partial charge in [0.05, 0.1) is 5.69 Å². The van der Waals surface area contributed by atoms with Gasteiger partial charge in [0, 0.05) is 48.2 Å². The monoisotopic (exact) mass is 360 g/mol. The van der Waals surface area contributed by atoms with Crippen LogP contribution in [0.2, 0.25) is 0 Å². The van der Waals surface area contributed by atoms with E-state index in [1.165, 1.54) is 0 Å². The Balaban J connectivity index is 1.57. The van der Waals surface area contributed by atoms with Crippen molar-refractivity contribution in [2.45, 2.75) is 19.9 Å². The number of pyridine rings is 1. The van der Waals surface area contributed by atoms with Crippen LogP contribution in [0.15, 0.2) is 48.7 Å². The second-order valence-corrected chi connectivity index (χ2v) is 6.55. The average molecular weight is 360 g/mol. The second-order valence-electron chi connectivity index (χ2n) is 6.55. The largest absolute Gasteiger partial charge is 0.368 e. The standard InChI is InChI=1S/C20H20N6O/c1-13-9-14(19(27)24-16-5-3-2-4-6-16)10-18(23-13)26-8-7-17-15(12-26)11-22-20(21)25-17/h2-6,9-11H,7-8,12H2,1H3,(H,24,27)(H2,21,22,25). The minimum Gasteiger partial charge on any atom is -0.368 e. The number of hydrogen-bond acceptors (Lipinski definition) is 6. The number of hydrogen-bond donors (Lipinski definition) is 2. The minimum atomic E-state index is -0.151. The Labute approximate surface area is 157 Å². The summed E-state index contributed by atoms with van der Waals surface area (Å²) in [5.41, 5.74) is 9.83. The third kappa shape index (κ3) is 3.72. The maximum Gasteiger partial charge on any atom is 0.255 e. The molecule has 4 rings (SSSR count). The maximum absolute atomic E-state index is 12.6. The summed E-state index contributed by atoms with van der Waals surface area (Å²) >= 11 is 0. The Morgan fingerprint density at radius 1 is 1.19 bits per heavy atom. The smallest absolute Gasteiger partial charge is 0.255 e. The first-order valence-electron chi connectivity index (χ1n) is 8.79. The molecule has 0 aliphatic carbocycles. The molecule has 0 spiro atoms. The highest BCUT2D eigenvalue weighted by atomic mass is 16.1. The number of amides is 1. The molecule has 27 heavy (non-hydrogen) atoms. The molecular weight excluding hydrogens is 340 g/mol. The average Bonchev–Trinajstić information content (AvgIpc) is 2.68. The maximum atomic E-state index is 12.6. The fourth-order valence-corrected chi connectivity index (χ4v) is 3.20. The Morgan fingerprint density at radius 2 is 2.00 bits per heavy atom. The van der Waals surface area contributed by atoms with Crippen LogP contribution in [0.3, 0.4) is 0 Å². The van der Waals surface area contributed by atoms with Gasteiger partial charge in [-0.25, -0.2) is 15.0 Å². The lowest BCUT2D eigenvalue weighted by Crippen LogP contribution is -2.32. The molecule has 1 aromatic carbocycles. The molecule has 136 valence electrons. The Bertz CT molecular complexity index is 989. The lowest BCUT2D eigenvalue weighted by molar-refractivity contribution is 0.102. The highest BCUT2D eigenvalue weighted by Crippen LogP contribution is 2.24. The molecule has 0 fully saturated rings. The van der Waals surface area contributed by atoms with E-state index in [1.807, 2.05) is 43.3 Å². The summed E-state index contributed by atoms with van der Waals surface area (Å²) in [7, 11) is 0. The summed E-state index contributed by atoms with van der Waals surface area (Å²) in [5.74, 6) is 0.924. The summed E-state index contributed by atoms with van der Waals surface area (Å²) in [5, 5.41) is 2.92. The molecule has 0 radical (unpaired) electrons. The highest BCUT2D eigenvalue weighted by molar-refractivity contribution is 6.04. The van der Waals surface area contributed by atoms with Gasteiger partial charge in [0.25, 0.3) is 5.91 Å². The number of nitrogens with one attached hydrogen (secondary N) is 1. The fourth-order valence-electron chi connectivity index (χ4n) is 3.20. The number of aromatic nitrogens is 3. The van der Waals surface area contributed by atoms with Gasteiger partial charge in [-0.15, -0.1) is 0 Å². The predicted octanol–water partition coefficient (Wildman–Crippen LogP) is 2.58. The van der Waals surface area contributed by atoms with Gasteiger partial charge in [-0.1, -0.05) is 18.2 Å². The van der Waals surface area contributed by atoms with Gasteiger partial charge < -0.3 is 16.0 Å². The number of rotatable bonds is 3. The zero-order valence-electron chi connectivity index (χ0n) is 15.0. The molecule has 1 amide bonds. The van der Waals surface area contributed by atoms with Crippen LogP contribution in [0.4, 0.5) is 17.5 Å². The van der Waals surface area contributed by atoms with Crippen molar-refractivity contribution < 1.29 is 4.79 Å². The van der Waals surface area contributed by atoms with Crippen molar-refractivity contribution >= 4 is 23.4 Å². The van der Waals surface area contributed by atoms with Crippen LogP contribution < -0.4 is 16.0 Å². The first-order chi connectivity index (χ1) is 13.1. The summed E-state index contributed by atoms with van der Waals surface area (Å²) in [6, 6.07) is 13.0. The summed E-state index contributed by atoms with van der Waals surface area (Å²) < 4.78 is 0. The predicted molar refractivity (Wildman–Crippen MR) is 105 cm³/mol. The van der Waals surface area contributed by atoms with Crippen LogP contribution >= 0.6 is 0 Å². The van der Waals surface area contributed by atoms with Gasteiger partial charge >= 0.3 is 0 Å². The van der Waals surface area contributed by atoms with E-state index in [2.05, 4.69) is 25.2 Å². The molecule has 0 bridgehead atoms. The molecule has 3 aromatic rings. The molecule has 3 heterocycles. The van der Waals surface area contributed by atoms with Gasteiger partial charge in [-0.3, -0.25) is 4.79 Å². The van der Waals surface area contributed by atoms with Gasteiger partial charge in [-0.2, -0.15) is 0 Å².